The highest BCUT2D eigenvalue weighted by atomic mass is 32.1. The Balaban J connectivity index is 0.000000531. The van der Waals surface area contributed by atoms with Crippen molar-refractivity contribution < 1.29 is 0 Å². The standard InChI is InChI=1S/C10H12N2S.C2H6/c1-3-7(2)8-4-5-9-10(12-8)13-6-11-9;1-2/h4-7H,3H2,1-2H3;1-2H3. The lowest BCUT2D eigenvalue weighted by atomic mass is 10.0. The summed E-state index contributed by atoms with van der Waals surface area (Å²) >= 11 is 1.61. The van der Waals surface area contributed by atoms with Crippen molar-refractivity contribution in [3.63, 3.8) is 0 Å². The van der Waals surface area contributed by atoms with E-state index in [9.17, 15) is 0 Å². The molecule has 3 heteroatoms. The average molecular weight is 222 g/mol. The number of hydrogen-bond acceptors (Lipinski definition) is 3. The first-order valence-corrected chi connectivity index (χ1v) is 6.39. The van der Waals surface area contributed by atoms with Gasteiger partial charge >= 0.3 is 0 Å². The first kappa shape index (κ1) is 12.1. The van der Waals surface area contributed by atoms with Crippen LogP contribution in [0.3, 0.4) is 0 Å². The molecule has 0 spiro atoms. The van der Waals surface area contributed by atoms with E-state index in [1.165, 1.54) is 5.69 Å². The van der Waals surface area contributed by atoms with Gasteiger partial charge in [0.15, 0.2) is 0 Å². The lowest BCUT2D eigenvalue weighted by Crippen LogP contribution is -1.94. The maximum Gasteiger partial charge on any atom is 0.143 e. The number of nitrogens with zero attached hydrogens (tertiary/aromatic N) is 2. The zero-order valence-corrected chi connectivity index (χ0v) is 10.6. The fourth-order valence-corrected chi connectivity index (χ4v) is 1.91. The quantitative estimate of drug-likeness (QED) is 0.760. The summed E-state index contributed by atoms with van der Waals surface area (Å²) in [6, 6.07) is 4.14. The molecule has 2 nitrogen and oxygen atoms in total. The molecule has 1 atom stereocenters. The molecule has 0 saturated heterocycles. The fraction of sp³-hybridized carbons (Fsp3) is 0.500. The van der Waals surface area contributed by atoms with Gasteiger partial charge in [0.1, 0.15) is 4.83 Å². The van der Waals surface area contributed by atoms with Crippen molar-refractivity contribution in [1.82, 2.24) is 9.97 Å². The molecule has 2 aromatic heterocycles. The maximum atomic E-state index is 4.56. The van der Waals surface area contributed by atoms with Crippen LogP contribution in [0.2, 0.25) is 0 Å². The Morgan fingerprint density at radius 3 is 2.73 bits per heavy atom. The number of hydrogen-bond donors (Lipinski definition) is 0. The first-order chi connectivity index (χ1) is 7.31. The molecule has 2 aromatic rings. The summed E-state index contributed by atoms with van der Waals surface area (Å²) in [6.45, 7) is 8.39. The average Bonchev–Trinajstić information content (AvgIpc) is 2.77. The van der Waals surface area contributed by atoms with Crippen molar-refractivity contribution >= 4 is 21.7 Å². The van der Waals surface area contributed by atoms with Crippen LogP contribution in [0, 0.1) is 0 Å². The molecule has 0 bridgehead atoms. The number of rotatable bonds is 2. The van der Waals surface area contributed by atoms with Crippen LogP contribution >= 0.6 is 11.3 Å². The second kappa shape index (κ2) is 5.81. The van der Waals surface area contributed by atoms with Crippen LogP contribution in [0.1, 0.15) is 45.7 Å². The summed E-state index contributed by atoms with van der Waals surface area (Å²) in [6.07, 6.45) is 1.14. The molecule has 0 saturated carbocycles. The SMILES string of the molecule is CC.CCC(C)c1ccc2ncsc2n1. The maximum absolute atomic E-state index is 4.56. The normalized spacial score (nSPS) is 12.0. The van der Waals surface area contributed by atoms with Crippen LogP contribution in [-0.4, -0.2) is 9.97 Å². The van der Waals surface area contributed by atoms with Crippen LogP contribution in [-0.2, 0) is 0 Å². The van der Waals surface area contributed by atoms with Crippen molar-refractivity contribution in [1.29, 1.82) is 0 Å². The molecule has 2 heterocycles. The van der Waals surface area contributed by atoms with Gasteiger partial charge in [0.2, 0.25) is 0 Å². The first-order valence-electron chi connectivity index (χ1n) is 5.51. The highest BCUT2D eigenvalue weighted by molar-refractivity contribution is 7.16. The van der Waals surface area contributed by atoms with Crippen molar-refractivity contribution in [2.45, 2.75) is 40.0 Å². The minimum Gasteiger partial charge on any atom is -0.243 e. The van der Waals surface area contributed by atoms with E-state index in [2.05, 4.69) is 35.9 Å². The van der Waals surface area contributed by atoms with Gasteiger partial charge in [-0.3, -0.25) is 0 Å². The molecule has 0 N–H and O–H groups in total. The predicted molar refractivity (Wildman–Crippen MR) is 67.5 cm³/mol. The zero-order valence-electron chi connectivity index (χ0n) is 9.82. The van der Waals surface area contributed by atoms with Gasteiger partial charge in [-0.1, -0.05) is 27.7 Å². The molecular formula is C12H18N2S. The Morgan fingerprint density at radius 1 is 1.33 bits per heavy atom. The molecule has 0 aliphatic rings. The fourth-order valence-electron chi connectivity index (χ4n) is 1.25. The largest absolute Gasteiger partial charge is 0.243 e. The lowest BCUT2D eigenvalue weighted by molar-refractivity contribution is 0.712. The van der Waals surface area contributed by atoms with E-state index in [4.69, 9.17) is 0 Å². The van der Waals surface area contributed by atoms with Crippen LogP contribution in [0.5, 0.6) is 0 Å². The second-order valence-electron chi connectivity index (χ2n) is 3.22. The Hall–Kier alpha value is -0.960. The Kier molecular flexibility index (Phi) is 4.69. The van der Waals surface area contributed by atoms with Crippen molar-refractivity contribution in [2.24, 2.45) is 0 Å². The Morgan fingerprint density at radius 2 is 2.07 bits per heavy atom. The van der Waals surface area contributed by atoms with E-state index in [0.717, 1.165) is 16.8 Å². The third-order valence-corrected chi connectivity index (χ3v) is 3.07. The molecule has 0 aliphatic carbocycles. The van der Waals surface area contributed by atoms with Gasteiger partial charge in [-0.2, -0.15) is 0 Å². The van der Waals surface area contributed by atoms with Gasteiger partial charge in [-0.25, -0.2) is 9.97 Å². The summed E-state index contributed by atoms with van der Waals surface area (Å²) < 4.78 is 0. The van der Waals surface area contributed by atoms with E-state index in [-0.39, 0.29) is 0 Å². The molecule has 82 valence electrons. The van der Waals surface area contributed by atoms with Gasteiger partial charge in [-0.05, 0) is 24.5 Å². The van der Waals surface area contributed by atoms with E-state index in [1.54, 1.807) is 11.3 Å². The van der Waals surface area contributed by atoms with Gasteiger partial charge in [0.05, 0.1) is 11.0 Å². The molecule has 0 aromatic carbocycles. The number of fused-ring (bicyclic) bond motifs is 1. The molecule has 1 unspecified atom stereocenters. The van der Waals surface area contributed by atoms with Gasteiger partial charge in [-0.15, -0.1) is 11.3 Å². The van der Waals surface area contributed by atoms with Crippen LogP contribution in [0.4, 0.5) is 0 Å². The molecule has 0 aliphatic heterocycles. The third kappa shape index (κ3) is 2.75. The van der Waals surface area contributed by atoms with Gasteiger partial charge < -0.3 is 0 Å². The molecule has 0 radical (unpaired) electrons. The molecule has 0 amide bonds. The topological polar surface area (TPSA) is 25.8 Å². The van der Waals surface area contributed by atoms with Crippen LogP contribution in [0.25, 0.3) is 10.3 Å². The highest BCUT2D eigenvalue weighted by Gasteiger charge is 2.06. The van der Waals surface area contributed by atoms with Crippen molar-refractivity contribution in [3.05, 3.63) is 23.3 Å². The lowest BCUT2D eigenvalue weighted by Gasteiger charge is -2.06. The Bertz CT molecular complexity index is 409. The molecule has 15 heavy (non-hydrogen) atoms. The summed E-state index contributed by atoms with van der Waals surface area (Å²) in [4.78, 5) is 9.82. The summed E-state index contributed by atoms with van der Waals surface area (Å²) in [5.41, 5.74) is 4.04. The summed E-state index contributed by atoms with van der Waals surface area (Å²) in [5, 5.41) is 0. The minimum absolute atomic E-state index is 0.548. The van der Waals surface area contributed by atoms with E-state index >= 15 is 0 Å². The monoisotopic (exact) mass is 222 g/mol. The second-order valence-corrected chi connectivity index (χ2v) is 4.06. The van der Waals surface area contributed by atoms with Crippen LogP contribution in [0.15, 0.2) is 17.6 Å². The summed E-state index contributed by atoms with van der Waals surface area (Å²) in [5.74, 6) is 0.548. The molecular weight excluding hydrogens is 204 g/mol. The summed E-state index contributed by atoms with van der Waals surface area (Å²) in [7, 11) is 0. The molecule has 2 rings (SSSR count). The van der Waals surface area contributed by atoms with Gasteiger partial charge in [0.25, 0.3) is 0 Å². The highest BCUT2D eigenvalue weighted by Crippen LogP contribution is 2.21. The minimum atomic E-state index is 0.548. The van der Waals surface area contributed by atoms with E-state index < -0.39 is 0 Å². The Labute approximate surface area is 95.4 Å². The van der Waals surface area contributed by atoms with Crippen LogP contribution < -0.4 is 0 Å². The zero-order chi connectivity index (χ0) is 11.3. The predicted octanol–water partition coefficient (Wildman–Crippen LogP) is 4.23. The number of aromatic nitrogens is 2. The van der Waals surface area contributed by atoms with Gasteiger partial charge in [0, 0.05) is 5.69 Å². The smallest absolute Gasteiger partial charge is 0.143 e. The van der Waals surface area contributed by atoms with Crippen molar-refractivity contribution in [2.75, 3.05) is 0 Å². The van der Waals surface area contributed by atoms with E-state index in [1.807, 2.05) is 19.4 Å². The number of pyridine rings is 1. The number of thiazole rings is 1. The van der Waals surface area contributed by atoms with Crippen molar-refractivity contribution in [3.8, 4) is 0 Å². The molecule has 0 fully saturated rings. The van der Waals surface area contributed by atoms with E-state index in [0.29, 0.717) is 5.92 Å². The third-order valence-electron chi connectivity index (χ3n) is 2.34.